The first-order chi connectivity index (χ1) is 8.34. The lowest BCUT2D eigenvalue weighted by molar-refractivity contribution is 0.420. The number of aromatic nitrogens is 2. The molecule has 2 nitrogen and oxygen atoms in total. The fraction of sp³-hybridized carbons (Fsp3) is 0.286. The third kappa shape index (κ3) is 2.05. The molecule has 1 aliphatic rings. The lowest BCUT2D eigenvalue weighted by atomic mass is 9.79. The van der Waals surface area contributed by atoms with Crippen LogP contribution in [0.4, 0.5) is 0 Å². The summed E-state index contributed by atoms with van der Waals surface area (Å²) in [5.41, 5.74) is 3.31. The highest BCUT2D eigenvalue weighted by molar-refractivity contribution is 6.32. The zero-order chi connectivity index (χ0) is 11.7. The van der Waals surface area contributed by atoms with Gasteiger partial charge in [-0.2, -0.15) is 0 Å². The van der Waals surface area contributed by atoms with E-state index in [0.717, 1.165) is 17.2 Å². The second-order valence-electron chi connectivity index (χ2n) is 4.47. The third-order valence-corrected chi connectivity index (χ3v) is 3.68. The van der Waals surface area contributed by atoms with Gasteiger partial charge in [0.2, 0.25) is 0 Å². The quantitative estimate of drug-likeness (QED) is 0.796. The van der Waals surface area contributed by atoms with Crippen LogP contribution in [0.15, 0.2) is 36.8 Å². The molecular weight excluding hydrogens is 232 g/mol. The molecule has 0 aliphatic heterocycles. The topological polar surface area (TPSA) is 25.8 Å². The third-order valence-electron chi connectivity index (χ3n) is 3.40. The first kappa shape index (κ1) is 10.7. The van der Waals surface area contributed by atoms with Gasteiger partial charge in [0.25, 0.3) is 0 Å². The Morgan fingerprint density at radius 1 is 1.24 bits per heavy atom. The minimum absolute atomic E-state index is 0.609. The summed E-state index contributed by atoms with van der Waals surface area (Å²) in [7, 11) is 0. The molecule has 1 heterocycles. The van der Waals surface area contributed by atoms with Crippen LogP contribution in [0, 0.1) is 0 Å². The molecule has 1 aliphatic carbocycles. The Labute approximate surface area is 106 Å². The Bertz CT molecular complexity index is 535. The van der Waals surface area contributed by atoms with Crippen molar-refractivity contribution in [2.45, 2.75) is 25.2 Å². The normalized spacial score (nSPS) is 15.6. The van der Waals surface area contributed by atoms with E-state index in [1.54, 1.807) is 6.20 Å². The summed E-state index contributed by atoms with van der Waals surface area (Å²) in [4.78, 5) is 8.16. The van der Waals surface area contributed by atoms with Crippen molar-refractivity contribution in [2.24, 2.45) is 0 Å². The van der Waals surface area contributed by atoms with Crippen molar-refractivity contribution in [1.29, 1.82) is 0 Å². The van der Waals surface area contributed by atoms with Gasteiger partial charge in [0.05, 0.1) is 10.7 Å². The zero-order valence-corrected chi connectivity index (χ0v) is 10.2. The van der Waals surface area contributed by atoms with Crippen LogP contribution in [-0.2, 0) is 0 Å². The maximum absolute atomic E-state index is 6.11. The van der Waals surface area contributed by atoms with Gasteiger partial charge in [-0.25, -0.2) is 9.97 Å². The molecule has 0 amide bonds. The molecule has 0 saturated heterocycles. The van der Waals surface area contributed by atoms with E-state index in [9.17, 15) is 0 Å². The summed E-state index contributed by atoms with van der Waals surface area (Å²) >= 11 is 6.11. The molecule has 1 fully saturated rings. The lowest BCUT2D eigenvalue weighted by Crippen LogP contribution is -2.08. The average molecular weight is 245 g/mol. The predicted octanol–water partition coefficient (Wildman–Crippen LogP) is 4.06. The molecule has 1 aromatic heterocycles. The Kier molecular flexibility index (Phi) is 2.81. The maximum Gasteiger partial charge on any atom is 0.116 e. The molecule has 86 valence electrons. The lowest BCUT2D eigenvalue weighted by Gasteiger charge is -2.26. The molecule has 17 heavy (non-hydrogen) atoms. The van der Waals surface area contributed by atoms with Crippen molar-refractivity contribution in [3.63, 3.8) is 0 Å². The number of benzene rings is 1. The molecular formula is C14H13ClN2. The van der Waals surface area contributed by atoms with E-state index in [1.807, 2.05) is 0 Å². The Morgan fingerprint density at radius 2 is 2.12 bits per heavy atom. The minimum Gasteiger partial charge on any atom is -0.243 e. The van der Waals surface area contributed by atoms with E-state index in [2.05, 4.69) is 34.2 Å². The zero-order valence-electron chi connectivity index (χ0n) is 9.44. The van der Waals surface area contributed by atoms with Crippen LogP contribution >= 0.6 is 11.6 Å². The highest BCUT2D eigenvalue weighted by Gasteiger charge is 2.19. The molecule has 0 radical (unpaired) electrons. The van der Waals surface area contributed by atoms with E-state index in [0.29, 0.717) is 5.02 Å². The predicted molar refractivity (Wildman–Crippen MR) is 69.1 cm³/mol. The monoisotopic (exact) mass is 244 g/mol. The van der Waals surface area contributed by atoms with Gasteiger partial charge < -0.3 is 0 Å². The number of hydrogen-bond donors (Lipinski definition) is 0. The SMILES string of the molecule is Clc1cncnc1-c1cccc(C2CCC2)c1. The molecule has 0 unspecified atom stereocenters. The second-order valence-corrected chi connectivity index (χ2v) is 4.88. The van der Waals surface area contributed by atoms with Crippen LogP contribution in [0.2, 0.25) is 5.02 Å². The fourth-order valence-corrected chi connectivity index (χ4v) is 2.42. The fourth-order valence-electron chi connectivity index (χ4n) is 2.21. The van der Waals surface area contributed by atoms with Crippen LogP contribution in [0.3, 0.4) is 0 Å². The van der Waals surface area contributed by atoms with E-state index >= 15 is 0 Å². The standard InChI is InChI=1S/C14H13ClN2/c15-13-8-16-9-17-14(13)12-6-2-5-11(7-12)10-3-1-4-10/h2,5-10H,1,3-4H2. The van der Waals surface area contributed by atoms with Crippen molar-refractivity contribution < 1.29 is 0 Å². The largest absolute Gasteiger partial charge is 0.243 e. The molecule has 2 aromatic rings. The molecule has 3 rings (SSSR count). The first-order valence-electron chi connectivity index (χ1n) is 5.90. The Morgan fingerprint density at radius 3 is 2.82 bits per heavy atom. The van der Waals surface area contributed by atoms with Gasteiger partial charge >= 0.3 is 0 Å². The van der Waals surface area contributed by atoms with Crippen LogP contribution in [-0.4, -0.2) is 9.97 Å². The van der Waals surface area contributed by atoms with Gasteiger partial charge in [0.15, 0.2) is 0 Å². The van der Waals surface area contributed by atoms with Crippen molar-refractivity contribution in [3.05, 3.63) is 47.4 Å². The highest BCUT2D eigenvalue weighted by atomic mass is 35.5. The molecule has 1 aromatic carbocycles. The number of hydrogen-bond acceptors (Lipinski definition) is 2. The molecule has 3 heteroatoms. The number of halogens is 1. The summed E-state index contributed by atoms with van der Waals surface area (Å²) < 4.78 is 0. The van der Waals surface area contributed by atoms with Gasteiger partial charge in [0.1, 0.15) is 6.33 Å². The number of nitrogens with zero attached hydrogens (tertiary/aromatic N) is 2. The number of rotatable bonds is 2. The van der Waals surface area contributed by atoms with Crippen LogP contribution in [0.5, 0.6) is 0 Å². The highest BCUT2D eigenvalue weighted by Crippen LogP contribution is 2.37. The minimum atomic E-state index is 0.609. The summed E-state index contributed by atoms with van der Waals surface area (Å²) in [6.07, 6.45) is 7.14. The van der Waals surface area contributed by atoms with Crippen molar-refractivity contribution >= 4 is 11.6 Å². The average Bonchev–Trinajstić information content (AvgIpc) is 2.28. The first-order valence-corrected chi connectivity index (χ1v) is 6.28. The van der Waals surface area contributed by atoms with Crippen molar-refractivity contribution in [3.8, 4) is 11.3 Å². The van der Waals surface area contributed by atoms with Crippen LogP contribution < -0.4 is 0 Å². The van der Waals surface area contributed by atoms with Crippen molar-refractivity contribution in [1.82, 2.24) is 9.97 Å². The van der Waals surface area contributed by atoms with Gasteiger partial charge in [0, 0.05) is 11.8 Å². The van der Waals surface area contributed by atoms with E-state index in [1.165, 1.54) is 31.2 Å². The van der Waals surface area contributed by atoms with Gasteiger partial charge in [-0.3, -0.25) is 0 Å². The van der Waals surface area contributed by atoms with E-state index in [-0.39, 0.29) is 0 Å². The van der Waals surface area contributed by atoms with Crippen LogP contribution in [0.1, 0.15) is 30.7 Å². The smallest absolute Gasteiger partial charge is 0.116 e. The van der Waals surface area contributed by atoms with Gasteiger partial charge in [-0.05, 0) is 30.4 Å². The second kappa shape index (κ2) is 4.46. The summed E-state index contributed by atoms with van der Waals surface area (Å²) in [5.74, 6) is 0.732. The maximum atomic E-state index is 6.11. The molecule has 0 spiro atoms. The molecule has 0 bridgehead atoms. The van der Waals surface area contributed by atoms with Gasteiger partial charge in [-0.1, -0.05) is 36.2 Å². The van der Waals surface area contributed by atoms with E-state index < -0.39 is 0 Å². The molecule has 0 N–H and O–H groups in total. The summed E-state index contributed by atoms with van der Waals surface area (Å²) in [5, 5.41) is 0.609. The Balaban J connectivity index is 2.00. The van der Waals surface area contributed by atoms with E-state index in [4.69, 9.17) is 11.6 Å². The van der Waals surface area contributed by atoms with Crippen LogP contribution in [0.25, 0.3) is 11.3 Å². The van der Waals surface area contributed by atoms with Gasteiger partial charge in [-0.15, -0.1) is 0 Å². The van der Waals surface area contributed by atoms with Crippen molar-refractivity contribution in [2.75, 3.05) is 0 Å². The molecule has 0 atom stereocenters. The summed E-state index contributed by atoms with van der Waals surface area (Å²) in [6.45, 7) is 0. The Hall–Kier alpha value is -1.41. The summed E-state index contributed by atoms with van der Waals surface area (Å²) in [6, 6.07) is 8.54. The molecule has 1 saturated carbocycles.